The average Bonchev–Trinajstić information content (AvgIpc) is 3.20. The summed E-state index contributed by atoms with van der Waals surface area (Å²) in [7, 11) is 0. The Hall–Kier alpha value is -3.45. The smallest absolute Gasteiger partial charge is 0.264 e. The Bertz CT molecular complexity index is 1420. The number of benzene rings is 2. The lowest BCUT2D eigenvalue weighted by molar-refractivity contribution is 0.0751. The molecule has 4 aromatic rings. The summed E-state index contributed by atoms with van der Waals surface area (Å²) in [6.45, 7) is 9.52. The van der Waals surface area contributed by atoms with Gasteiger partial charge in [-0.05, 0) is 49.1 Å². The average molecular weight is 473 g/mol. The van der Waals surface area contributed by atoms with Crippen LogP contribution in [0.25, 0.3) is 10.2 Å². The van der Waals surface area contributed by atoms with Gasteiger partial charge in [0.25, 0.3) is 11.5 Å². The number of carbonyl (C=O) groups excluding carboxylic acids is 1. The maximum absolute atomic E-state index is 13.4. The lowest BCUT2D eigenvalue weighted by Crippen LogP contribution is -2.49. The number of aromatic nitrogens is 2. The van der Waals surface area contributed by atoms with E-state index in [0.717, 1.165) is 24.2 Å². The van der Waals surface area contributed by atoms with E-state index < -0.39 is 0 Å². The van der Waals surface area contributed by atoms with Gasteiger partial charge in [0.2, 0.25) is 0 Å². The number of rotatable bonds is 4. The summed E-state index contributed by atoms with van der Waals surface area (Å²) in [5.74, 6) is -0.00452. The quantitative estimate of drug-likeness (QED) is 0.442. The minimum Gasteiger partial charge on any atom is -0.368 e. The molecule has 1 amide bonds. The highest BCUT2D eigenvalue weighted by atomic mass is 32.1. The second-order valence-electron chi connectivity index (χ2n) is 8.90. The number of carbonyl (C=O) groups is 1. The molecule has 7 heteroatoms. The second-order valence-corrected chi connectivity index (χ2v) is 9.90. The van der Waals surface area contributed by atoms with E-state index in [1.807, 2.05) is 42.2 Å². The first-order valence-electron chi connectivity index (χ1n) is 11.6. The first-order chi connectivity index (χ1) is 16.4. The van der Waals surface area contributed by atoms with Crippen molar-refractivity contribution in [3.8, 4) is 0 Å². The van der Waals surface area contributed by atoms with Gasteiger partial charge >= 0.3 is 0 Å². The predicted octanol–water partition coefficient (Wildman–Crippen LogP) is 4.39. The van der Waals surface area contributed by atoms with Crippen LogP contribution in [0.3, 0.4) is 0 Å². The molecule has 0 bridgehead atoms. The minimum absolute atomic E-state index is 0.00452. The van der Waals surface area contributed by atoms with Gasteiger partial charge in [-0.3, -0.25) is 14.2 Å². The van der Waals surface area contributed by atoms with E-state index in [2.05, 4.69) is 41.9 Å². The fourth-order valence-corrected chi connectivity index (χ4v) is 5.74. The Labute approximate surface area is 203 Å². The van der Waals surface area contributed by atoms with Gasteiger partial charge < -0.3 is 9.80 Å². The standard InChI is InChI=1S/C27H28N4O2S/c1-18-8-7-11-22(19(18)2)29-12-14-30(15-13-29)27(33)24-20(3)23-25(34-24)28-17-31(26(23)32)16-21-9-5-4-6-10-21/h4-11,17H,12-16H2,1-3H3. The maximum atomic E-state index is 13.4. The topological polar surface area (TPSA) is 58.4 Å². The van der Waals surface area contributed by atoms with Gasteiger partial charge in [0.05, 0.1) is 23.1 Å². The van der Waals surface area contributed by atoms with Gasteiger partial charge in [0.15, 0.2) is 0 Å². The van der Waals surface area contributed by atoms with E-state index in [4.69, 9.17) is 0 Å². The Morgan fingerprint density at radius 3 is 2.41 bits per heavy atom. The first kappa shape index (κ1) is 22.3. The molecule has 5 rings (SSSR count). The number of hydrogen-bond acceptors (Lipinski definition) is 5. The van der Waals surface area contributed by atoms with Crippen molar-refractivity contribution in [1.82, 2.24) is 14.5 Å². The number of fused-ring (bicyclic) bond motifs is 1. The van der Waals surface area contributed by atoms with Crippen LogP contribution < -0.4 is 10.5 Å². The molecule has 0 atom stereocenters. The number of hydrogen-bond donors (Lipinski definition) is 0. The molecule has 0 N–H and O–H groups in total. The molecule has 6 nitrogen and oxygen atoms in total. The highest BCUT2D eigenvalue weighted by Gasteiger charge is 2.27. The van der Waals surface area contributed by atoms with Crippen LogP contribution in [0.4, 0.5) is 5.69 Å². The number of piperazine rings is 1. The fourth-order valence-electron chi connectivity index (χ4n) is 4.63. The Morgan fingerprint density at radius 2 is 1.68 bits per heavy atom. The molecule has 0 aliphatic carbocycles. The number of anilines is 1. The first-order valence-corrected chi connectivity index (χ1v) is 12.4. The molecule has 2 aromatic heterocycles. The lowest BCUT2D eigenvalue weighted by atomic mass is 10.1. The van der Waals surface area contributed by atoms with Crippen LogP contribution in [0.2, 0.25) is 0 Å². The molecular formula is C27H28N4O2S. The summed E-state index contributed by atoms with van der Waals surface area (Å²) in [4.78, 5) is 36.7. The third-order valence-corrected chi connectivity index (χ3v) is 7.98. The molecule has 1 aliphatic heterocycles. The third-order valence-electron chi connectivity index (χ3n) is 6.79. The molecule has 0 saturated carbocycles. The van der Waals surface area contributed by atoms with E-state index in [1.165, 1.54) is 28.2 Å². The van der Waals surface area contributed by atoms with Crippen molar-refractivity contribution in [2.45, 2.75) is 27.3 Å². The van der Waals surface area contributed by atoms with Gasteiger partial charge in [-0.25, -0.2) is 4.98 Å². The predicted molar refractivity (Wildman–Crippen MR) is 138 cm³/mol. The van der Waals surface area contributed by atoms with Gasteiger partial charge in [-0.1, -0.05) is 42.5 Å². The molecule has 174 valence electrons. The molecular weight excluding hydrogens is 444 g/mol. The number of aryl methyl sites for hydroxylation is 2. The molecule has 1 fully saturated rings. The summed E-state index contributed by atoms with van der Waals surface area (Å²) in [5.41, 5.74) is 5.50. The van der Waals surface area contributed by atoms with Crippen LogP contribution in [0, 0.1) is 20.8 Å². The molecule has 1 saturated heterocycles. The summed E-state index contributed by atoms with van der Waals surface area (Å²) < 4.78 is 1.62. The van der Waals surface area contributed by atoms with Gasteiger partial charge in [-0.2, -0.15) is 0 Å². The van der Waals surface area contributed by atoms with Crippen LogP contribution in [0.5, 0.6) is 0 Å². The summed E-state index contributed by atoms with van der Waals surface area (Å²) in [6.07, 6.45) is 1.59. The minimum atomic E-state index is -0.0959. The van der Waals surface area contributed by atoms with Crippen LogP contribution in [0.1, 0.15) is 31.9 Å². The maximum Gasteiger partial charge on any atom is 0.264 e. The highest BCUT2D eigenvalue weighted by molar-refractivity contribution is 7.20. The number of amides is 1. The fraction of sp³-hybridized carbons (Fsp3) is 0.296. The van der Waals surface area contributed by atoms with Gasteiger partial charge in [-0.15, -0.1) is 11.3 Å². The summed E-state index contributed by atoms with van der Waals surface area (Å²) in [6, 6.07) is 16.2. The lowest BCUT2D eigenvalue weighted by Gasteiger charge is -2.37. The largest absolute Gasteiger partial charge is 0.368 e. The molecule has 3 heterocycles. The van der Waals surface area contributed by atoms with Crippen molar-refractivity contribution in [1.29, 1.82) is 0 Å². The Morgan fingerprint density at radius 1 is 0.941 bits per heavy atom. The van der Waals surface area contributed by atoms with Crippen molar-refractivity contribution in [3.63, 3.8) is 0 Å². The van der Waals surface area contributed by atoms with Crippen molar-refractivity contribution < 1.29 is 4.79 Å². The zero-order chi connectivity index (χ0) is 23.8. The molecule has 1 aliphatic rings. The van der Waals surface area contributed by atoms with E-state index in [9.17, 15) is 9.59 Å². The zero-order valence-corrected chi connectivity index (χ0v) is 20.6. The second kappa shape index (κ2) is 9.06. The molecule has 0 spiro atoms. The molecule has 34 heavy (non-hydrogen) atoms. The molecule has 0 radical (unpaired) electrons. The van der Waals surface area contributed by atoms with E-state index in [0.29, 0.717) is 34.7 Å². The number of nitrogens with zero attached hydrogens (tertiary/aromatic N) is 4. The molecule has 2 aromatic carbocycles. The van der Waals surface area contributed by atoms with Crippen molar-refractivity contribution >= 4 is 33.1 Å². The Kier molecular flexibility index (Phi) is 5.96. The van der Waals surface area contributed by atoms with Gasteiger partial charge in [0.1, 0.15) is 4.83 Å². The number of thiophene rings is 1. The van der Waals surface area contributed by atoms with Crippen LogP contribution in [-0.2, 0) is 6.54 Å². The monoisotopic (exact) mass is 472 g/mol. The van der Waals surface area contributed by atoms with Crippen LogP contribution in [0.15, 0.2) is 59.7 Å². The summed E-state index contributed by atoms with van der Waals surface area (Å²) in [5, 5.41) is 0.556. The van der Waals surface area contributed by atoms with Crippen molar-refractivity contribution in [2.24, 2.45) is 0 Å². The third kappa shape index (κ3) is 4.01. The van der Waals surface area contributed by atoms with Gasteiger partial charge in [0, 0.05) is 31.9 Å². The van der Waals surface area contributed by atoms with Crippen LogP contribution in [-0.4, -0.2) is 46.5 Å². The highest BCUT2D eigenvalue weighted by Crippen LogP contribution is 2.29. The molecule has 0 unspecified atom stereocenters. The normalized spacial score (nSPS) is 14.1. The van der Waals surface area contributed by atoms with Crippen LogP contribution >= 0.6 is 11.3 Å². The Balaban J connectivity index is 1.37. The van der Waals surface area contributed by atoms with E-state index in [1.54, 1.807) is 10.9 Å². The van der Waals surface area contributed by atoms with E-state index in [-0.39, 0.29) is 11.5 Å². The summed E-state index contributed by atoms with van der Waals surface area (Å²) >= 11 is 1.33. The van der Waals surface area contributed by atoms with Crippen molar-refractivity contribution in [2.75, 3.05) is 31.1 Å². The SMILES string of the molecule is Cc1cccc(N2CCN(C(=O)c3sc4ncn(Cc5ccccc5)c(=O)c4c3C)CC2)c1C. The van der Waals surface area contributed by atoms with E-state index >= 15 is 0 Å². The van der Waals surface area contributed by atoms with Crippen molar-refractivity contribution in [3.05, 3.63) is 92.3 Å². The zero-order valence-electron chi connectivity index (χ0n) is 19.7.